The first-order valence-electron chi connectivity index (χ1n) is 0. The fraction of sp³-hybridized carbons (Fsp3) is 0. The standard InChI is InChI=1S/ClH.7H2O/h1H;7*1H2. The zero-order valence-corrected chi connectivity index (χ0v) is 4.72. The van der Waals surface area contributed by atoms with Crippen LogP contribution in [-0.2, 0) is 0 Å². The molecule has 0 saturated heterocycles. The molecule has 8 heteroatoms. The molecule has 64 valence electrons. The molecule has 14 N–H and O–H groups in total. The molecule has 0 spiro atoms. The van der Waals surface area contributed by atoms with E-state index in [1.165, 1.54) is 0 Å². The number of rotatable bonds is 0. The van der Waals surface area contributed by atoms with Crippen molar-refractivity contribution in [2.75, 3.05) is 0 Å². The predicted molar refractivity (Wildman–Crippen MR) is 32.5 cm³/mol. The Morgan fingerprint density at radius 2 is 0.250 bits per heavy atom. The largest absolute Gasteiger partial charge is 0.412 e. The molecule has 0 aliphatic carbocycles. The molecule has 0 aromatic heterocycles. The summed E-state index contributed by atoms with van der Waals surface area (Å²) in [4.78, 5) is 0. The van der Waals surface area contributed by atoms with Gasteiger partial charge in [-0.25, -0.2) is 0 Å². The summed E-state index contributed by atoms with van der Waals surface area (Å²) in [7, 11) is 0. The van der Waals surface area contributed by atoms with Crippen molar-refractivity contribution in [1.82, 2.24) is 0 Å². The molecule has 0 radical (unpaired) electrons. The predicted octanol–water partition coefficient (Wildman–Crippen LogP) is -5.35. The average molecular weight is 163 g/mol. The molecule has 0 aromatic carbocycles. The minimum Gasteiger partial charge on any atom is -0.412 e. The zero-order chi connectivity index (χ0) is 0. The summed E-state index contributed by atoms with van der Waals surface area (Å²) in [6.07, 6.45) is 0. The zero-order valence-electron chi connectivity index (χ0n) is 3.91. The Bertz CT molecular complexity index is 4.35. The van der Waals surface area contributed by atoms with Gasteiger partial charge < -0.3 is 38.3 Å². The van der Waals surface area contributed by atoms with E-state index in [4.69, 9.17) is 0 Å². The maximum Gasteiger partial charge on any atom is -0.147 e. The molecule has 0 fully saturated rings. The van der Waals surface area contributed by atoms with E-state index in [1.54, 1.807) is 0 Å². The molecule has 0 heterocycles. The van der Waals surface area contributed by atoms with Crippen LogP contribution in [-0.4, -0.2) is 38.3 Å². The summed E-state index contributed by atoms with van der Waals surface area (Å²) in [5.74, 6) is 0. The molecule has 8 heavy (non-hydrogen) atoms. The highest BCUT2D eigenvalue weighted by atomic mass is 35.5. The minimum atomic E-state index is 0. The van der Waals surface area contributed by atoms with Gasteiger partial charge in [0, 0.05) is 0 Å². The summed E-state index contributed by atoms with van der Waals surface area (Å²) in [6, 6.07) is 0. The van der Waals surface area contributed by atoms with Crippen LogP contribution in [0, 0.1) is 0 Å². The molecule has 0 bridgehead atoms. The highest BCUT2D eigenvalue weighted by Gasteiger charge is -0.147. The van der Waals surface area contributed by atoms with Crippen molar-refractivity contribution in [2.24, 2.45) is 0 Å². The van der Waals surface area contributed by atoms with E-state index in [2.05, 4.69) is 0 Å². The third-order valence-electron chi connectivity index (χ3n) is 0. The third kappa shape index (κ3) is 1510000. The smallest absolute Gasteiger partial charge is 0.147 e. The van der Waals surface area contributed by atoms with Gasteiger partial charge in [-0.05, 0) is 0 Å². The van der Waals surface area contributed by atoms with Crippen molar-refractivity contribution in [3.8, 4) is 0 Å². The second kappa shape index (κ2) is 2530000. The van der Waals surface area contributed by atoms with Gasteiger partial charge in [-0.15, -0.1) is 12.4 Å². The van der Waals surface area contributed by atoms with Crippen molar-refractivity contribution < 1.29 is 38.3 Å². The molecule has 7 nitrogen and oxygen atoms in total. The number of halogens is 1. The molecule has 0 atom stereocenters. The lowest BCUT2D eigenvalue weighted by Gasteiger charge is -0.413. The van der Waals surface area contributed by atoms with Crippen LogP contribution >= 0.6 is 12.4 Å². The van der Waals surface area contributed by atoms with Gasteiger partial charge in [-0.3, -0.25) is 0 Å². The van der Waals surface area contributed by atoms with Crippen LogP contribution in [0.15, 0.2) is 0 Å². The topological polar surface area (TPSA) is 220 Å². The first kappa shape index (κ1) is 3940000. The normalized spacial score (nSPS) is 0. The van der Waals surface area contributed by atoms with Gasteiger partial charge in [0.1, 0.15) is 0 Å². The summed E-state index contributed by atoms with van der Waals surface area (Å²) < 4.78 is 0. The van der Waals surface area contributed by atoms with Gasteiger partial charge in [0.2, 0.25) is 0 Å². The highest BCUT2D eigenvalue weighted by molar-refractivity contribution is 5.85. The summed E-state index contributed by atoms with van der Waals surface area (Å²) >= 11 is 0. The summed E-state index contributed by atoms with van der Waals surface area (Å²) in [5.41, 5.74) is 0. The lowest BCUT2D eigenvalue weighted by molar-refractivity contribution is 0.823. The maximum absolute atomic E-state index is 0. The van der Waals surface area contributed by atoms with E-state index in [-0.39, 0.29) is 50.7 Å². The summed E-state index contributed by atoms with van der Waals surface area (Å²) in [6.45, 7) is 0. The molecule has 0 aromatic rings. The van der Waals surface area contributed by atoms with E-state index in [1.807, 2.05) is 0 Å². The average Bonchev–Trinajstić information content (AvgIpc) is 0. The molecule has 0 aliphatic heterocycles. The minimum absolute atomic E-state index is 0. The maximum atomic E-state index is 0. The van der Waals surface area contributed by atoms with Crippen LogP contribution in [0.4, 0.5) is 0 Å². The SMILES string of the molecule is Cl.O.O.O.O.O.O.O. The lowest BCUT2D eigenvalue weighted by atomic mass is 16.0. The van der Waals surface area contributed by atoms with Crippen molar-refractivity contribution >= 4 is 12.4 Å². The van der Waals surface area contributed by atoms with Crippen molar-refractivity contribution in [3.05, 3.63) is 0 Å². The van der Waals surface area contributed by atoms with Gasteiger partial charge in [0.15, 0.2) is 0 Å². The molecular formula is H15ClO7. The van der Waals surface area contributed by atoms with Gasteiger partial charge >= 0.3 is 0 Å². The third-order valence-corrected chi connectivity index (χ3v) is 0. The summed E-state index contributed by atoms with van der Waals surface area (Å²) in [5, 5.41) is 0. The fourth-order valence-electron chi connectivity index (χ4n) is 0. The number of hydrogen-bond acceptors (Lipinski definition) is 0. The first-order valence-corrected chi connectivity index (χ1v) is 0. The van der Waals surface area contributed by atoms with Crippen LogP contribution in [0.3, 0.4) is 0 Å². The van der Waals surface area contributed by atoms with Crippen LogP contribution in [0.25, 0.3) is 0 Å². The van der Waals surface area contributed by atoms with E-state index in [9.17, 15) is 0 Å². The van der Waals surface area contributed by atoms with Crippen LogP contribution in [0.2, 0.25) is 0 Å². The molecule has 0 amide bonds. The van der Waals surface area contributed by atoms with Crippen LogP contribution < -0.4 is 0 Å². The Kier molecular flexibility index (Phi) is 1250000000000. The Morgan fingerprint density at radius 3 is 0.250 bits per heavy atom. The van der Waals surface area contributed by atoms with Crippen molar-refractivity contribution in [3.63, 3.8) is 0 Å². The van der Waals surface area contributed by atoms with E-state index in [0.717, 1.165) is 0 Å². The van der Waals surface area contributed by atoms with Gasteiger partial charge in [-0.2, -0.15) is 0 Å². The first-order chi connectivity index (χ1) is 0. The van der Waals surface area contributed by atoms with Gasteiger partial charge in [-0.1, -0.05) is 0 Å². The Balaban J connectivity index is 0. The van der Waals surface area contributed by atoms with E-state index in [0.29, 0.717) is 0 Å². The lowest BCUT2D eigenvalue weighted by Crippen LogP contribution is -0.290. The van der Waals surface area contributed by atoms with Crippen LogP contribution in [0.5, 0.6) is 0 Å². The second-order valence-corrected chi connectivity index (χ2v) is 0. The number of hydrogen-bond donors (Lipinski definition) is 0. The quantitative estimate of drug-likeness (QED) is 0.325. The van der Waals surface area contributed by atoms with Crippen LogP contribution in [0.1, 0.15) is 0 Å². The second-order valence-electron chi connectivity index (χ2n) is 0. The fourth-order valence-corrected chi connectivity index (χ4v) is 0. The molecule has 0 rings (SSSR count). The Morgan fingerprint density at radius 1 is 0.250 bits per heavy atom. The monoisotopic (exact) mass is 162 g/mol. The van der Waals surface area contributed by atoms with E-state index < -0.39 is 0 Å². The highest BCUT2D eigenvalue weighted by Crippen LogP contribution is 0.690. The van der Waals surface area contributed by atoms with Gasteiger partial charge in [0.25, 0.3) is 0 Å². The van der Waals surface area contributed by atoms with Crippen molar-refractivity contribution in [1.29, 1.82) is 0 Å². The Labute approximate surface area is 51.9 Å². The Hall–Kier alpha value is 0.01000. The molecule has 0 aliphatic rings. The van der Waals surface area contributed by atoms with Crippen molar-refractivity contribution in [2.45, 2.75) is 0 Å². The molecule has 0 unspecified atom stereocenters. The van der Waals surface area contributed by atoms with E-state index >= 15 is 0 Å². The molecule has 0 saturated carbocycles. The van der Waals surface area contributed by atoms with Gasteiger partial charge in [0.05, 0.1) is 0 Å². The molecular weight excluding hydrogens is 147 g/mol.